The second-order valence-corrected chi connectivity index (χ2v) is 3.80. The van der Waals surface area contributed by atoms with Gasteiger partial charge in [-0.1, -0.05) is 24.5 Å². The maximum absolute atomic E-state index is 3.38. The van der Waals surface area contributed by atoms with Gasteiger partial charge in [0.25, 0.3) is 0 Å². The van der Waals surface area contributed by atoms with Crippen LogP contribution in [-0.2, 0) is 0 Å². The van der Waals surface area contributed by atoms with E-state index < -0.39 is 0 Å². The first-order valence-electron chi connectivity index (χ1n) is 4.85. The third-order valence-electron chi connectivity index (χ3n) is 2.85. The molecule has 2 heteroatoms. The lowest BCUT2D eigenvalue weighted by Gasteiger charge is -2.02. The first-order valence-corrected chi connectivity index (χ1v) is 4.85. The average Bonchev–Trinajstić information content (AvgIpc) is 2.60. The van der Waals surface area contributed by atoms with Gasteiger partial charge in [0.1, 0.15) is 0 Å². The lowest BCUT2D eigenvalue weighted by molar-refractivity contribution is 0.678. The fourth-order valence-corrected chi connectivity index (χ4v) is 2.19. The lowest BCUT2D eigenvalue weighted by atomic mass is 10.0. The van der Waals surface area contributed by atoms with E-state index >= 15 is 0 Å². The molecule has 1 N–H and O–H groups in total. The maximum atomic E-state index is 3.38. The summed E-state index contributed by atoms with van der Waals surface area (Å²) in [4.78, 5) is 0. The Kier molecular flexibility index (Phi) is 4.10. The molecule has 1 aliphatic carbocycles. The summed E-state index contributed by atoms with van der Waals surface area (Å²) in [6.07, 6.45) is 9.65. The van der Waals surface area contributed by atoms with E-state index in [9.17, 15) is 0 Å². The van der Waals surface area contributed by atoms with Crippen molar-refractivity contribution in [1.29, 1.82) is 0 Å². The van der Waals surface area contributed by atoms with Gasteiger partial charge in [-0.25, -0.2) is 0 Å². The van der Waals surface area contributed by atoms with Crippen LogP contribution in [0.5, 0.6) is 0 Å². The van der Waals surface area contributed by atoms with Crippen LogP contribution < -0.4 is 5.32 Å². The van der Waals surface area contributed by atoms with Gasteiger partial charge in [0.05, 0.1) is 0 Å². The molecule has 0 bridgehead atoms. The third kappa shape index (κ3) is 2.49. The van der Waals surface area contributed by atoms with Crippen LogP contribution in [0.2, 0.25) is 0 Å². The summed E-state index contributed by atoms with van der Waals surface area (Å²) in [6, 6.07) is 0. The molecule has 0 spiro atoms. The molecule has 2 fully saturated rings. The van der Waals surface area contributed by atoms with E-state index in [-0.39, 0.29) is 12.4 Å². The third-order valence-corrected chi connectivity index (χ3v) is 2.85. The van der Waals surface area contributed by atoms with Gasteiger partial charge >= 0.3 is 0 Å². The summed E-state index contributed by atoms with van der Waals surface area (Å²) in [7, 11) is 0. The number of allylic oxidation sites excluding steroid dienone is 1. The standard InChI is InChI=1S/C10H17N.ClH/c1-2-4-9(3-1)7-10-5-6-11-8-10;/h7,9,11H,1-6,8H2;1H/b10-7-;. The van der Waals surface area contributed by atoms with Gasteiger partial charge < -0.3 is 5.32 Å². The van der Waals surface area contributed by atoms with Gasteiger partial charge in [-0.2, -0.15) is 0 Å². The highest BCUT2D eigenvalue weighted by molar-refractivity contribution is 5.85. The molecule has 1 aliphatic heterocycles. The first-order chi connectivity index (χ1) is 5.45. The SMILES string of the molecule is C(=C1\CCNC1)/C1CCCC1.Cl. The van der Waals surface area contributed by atoms with E-state index in [1.54, 1.807) is 5.57 Å². The average molecular weight is 188 g/mol. The molecule has 1 saturated heterocycles. The molecule has 0 aromatic carbocycles. The Labute approximate surface area is 81.0 Å². The Morgan fingerprint density at radius 3 is 2.58 bits per heavy atom. The normalized spacial score (nSPS) is 27.8. The van der Waals surface area contributed by atoms with E-state index in [0.29, 0.717) is 0 Å². The van der Waals surface area contributed by atoms with Crippen LogP contribution in [0, 0.1) is 5.92 Å². The zero-order valence-corrected chi connectivity index (χ0v) is 8.33. The Bertz CT molecular complexity index is 151. The Morgan fingerprint density at radius 2 is 2.00 bits per heavy atom. The highest BCUT2D eigenvalue weighted by Crippen LogP contribution is 2.27. The minimum absolute atomic E-state index is 0. The van der Waals surface area contributed by atoms with Gasteiger partial charge in [0.2, 0.25) is 0 Å². The Morgan fingerprint density at radius 1 is 1.25 bits per heavy atom. The molecular weight excluding hydrogens is 170 g/mol. The van der Waals surface area contributed by atoms with E-state index in [1.165, 1.54) is 38.6 Å². The molecule has 0 aromatic rings. The van der Waals surface area contributed by atoms with Crippen LogP contribution in [0.3, 0.4) is 0 Å². The molecule has 0 unspecified atom stereocenters. The minimum atomic E-state index is 0. The number of nitrogens with one attached hydrogen (secondary N) is 1. The van der Waals surface area contributed by atoms with Crippen molar-refractivity contribution in [3.8, 4) is 0 Å². The molecule has 2 aliphatic rings. The molecule has 0 radical (unpaired) electrons. The summed E-state index contributed by atoms with van der Waals surface area (Å²) in [5, 5.41) is 3.38. The van der Waals surface area contributed by atoms with Gasteiger partial charge in [-0.15, -0.1) is 12.4 Å². The monoisotopic (exact) mass is 187 g/mol. The van der Waals surface area contributed by atoms with Crippen molar-refractivity contribution in [3.05, 3.63) is 11.6 Å². The molecular formula is C10H18ClN. The largest absolute Gasteiger partial charge is 0.313 e. The molecule has 0 amide bonds. The summed E-state index contributed by atoms with van der Waals surface area (Å²) in [5.74, 6) is 0.935. The highest BCUT2D eigenvalue weighted by Gasteiger charge is 2.14. The topological polar surface area (TPSA) is 12.0 Å². The highest BCUT2D eigenvalue weighted by atomic mass is 35.5. The smallest absolute Gasteiger partial charge is 0.0165 e. The van der Waals surface area contributed by atoms with E-state index in [2.05, 4.69) is 11.4 Å². The summed E-state index contributed by atoms with van der Waals surface area (Å²) in [5.41, 5.74) is 1.66. The van der Waals surface area contributed by atoms with Crippen LogP contribution in [-0.4, -0.2) is 13.1 Å². The van der Waals surface area contributed by atoms with Crippen molar-refractivity contribution in [3.63, 3.8) is 0 Å². The fraction of sp³-hybridized carbons (Fsp3) is 0.800. The minimum Gasteiger partial charge on any atom is -0.313 e. The zero-order valence-electron chi connectivity index (χ0n) is 7.51. The van der Waals surface area contributed by atoms with Crippen molar-refractivity contribution in [2.45, 2.75) is 32.1 Å². The van der Waals surface area contributed by atoms with Gasteiger partial charge in [0, 0.05) is 6.54 Å². The maximum Gasteiger partial charge on any atom is 0.0165 e. The fourth-order valence-electron chi connectivity index (χ4n) is 2.19. The second-order valence-electron chi connectivity index (χ2n) is 3.80. The number of halogens is 1. The predicted molar refractivity (Wildman–Crippen MR) is 54.8 cm³/mol. The Balaban J connectivity index is 0.000000720. The van der Waals surface area contributed by atoms with Crippen LogP contribution in [0.4, 0.5) is 0 Å². The van der Waals surface area contributed by atoms with Crippen LogP contribution in [0.15, 0.2) is 11.6 Å². The molecule has 1 saturated carbocycles. The second kappa shape index (κ2) is 4.88. The summed E-state index contributed by atoms with van der Waals surface area (Å²) >= 11 is 0. The van der Waals surface area contributed by atoms with E-state index in [0.717, 1.165) is 12.5 Å². The van der Waals surface area contributed by atoms with E-state index in [1.807, 2.05) is 0 Å². The molecule has 1 nitrogen and oxygen atoms in total. The van der Waals surface area contributed by atoms with Crippen LogP contribution >= 0.6 is 12.4 Å². The molecule has 2 rings (SSSR count). The van der Waals surface area contributed by atoms with Crippen molar-refractivity contribution in [2.24, 2.45) is 5.92 Å². The quantitative estimate of drug-likeness (QED) is 0.623. The lowest BCUT2D eigenvalue weighted by Crippen LogP contribution is -2.05. The zero-order chi connectivity index (χ0) is 7.52. The van der Waals surface area contributed by atoms with Crippen molar-refractivity contribution in [1.82, 2.24) is 5.32 Å². The van der Waals surface area contributed by atoms with E-state index in [4.69, 9.17) is 0 Å². The molecule has 0 aromatic heterocycles. The van der Waals surface area contributed by atoms with Crippen LogP contribution in [0.1, 0.15) is 32.1 Å². The van der Waals surface area contributed by atoms with Gasteiger partial charge in [0.15, 0.2) is 0 Å². The van der Waals surface area contributed by atoms with Crippen molar-refractivity contribution >= 4 is 12.4 Å². The molecule has 70 valence electrons. The van der Waals surface area contributed by atoms with Gasteiger partial charge in [-0.05, 0) is 31.7 Å². The predicted octanol–water partition coefficient (Wildman–Crippen LogP) is 2.52. The number of hydrogen-bond acceptors (Lipinski definition) is 1. The molecule has 12 heavy (non-hydrogen) atoms. The molecule has 0 atom stereocenters. The summed E-state index contributed by atoms with van der Waals surface area (Å²) in [6.45, 7) is 2.37. The molecule has 1 heterocycles. The number of rotatable bonds is 1. The van der Waals surface area contributed by atoms with Gasteiger partial charge in [-0.3, -0.25) is 0 Å². The Hall–Kier alpha value is -0.0100. The number of hydrogen-bond donors (Lipinski definition) is 1. The summed E-state index contributed by atoms with van der Waals surface area (Å²) < 4.78 is 0. The first kappa shape index (κ1) is 10.1. The van der Waals surface area contributed by atoms with Crippen molar-refractivity contribution in [2.75, 3.05) is 13.1 Å². The van der Waals surface area contributed by atoms with Crippen LogP contribution in [0.25, 0.3) is 0 Å². The van der Waals surface area contributed by atoms with Crippen molar-refractivity contribution < 1.29 is 0 Å².